The van der Waals surface area contributed by atoms with Crippen molar-refractivity contribution in [2.24, 2.45) is 23.2 Å². The Bertz CT molecular complexity index is 1260. The van der Waals surface area contributed by atoms with Gasteiger partial charge in [-0.05, 0) is 99.0 Å². The maximum Gasteiger partial charge on any atom is 0.224 e. The second-order valence-electron chi connectivity index (χ2n) is 14.0. The minimum absolute atomic E-state index is 0.0933. The molecule has 1 aromatic carbocycles. The van der Waals surface area contributed by atoms with Crippen LogP contribution < -0.4 is 16.0 Å². The number of rotatable bonds is 9. The first-order chi connectivity index (χ1) is 20.0. The summed E-state index contributed by atoms with van der Waals surface area (Å²) in [7, 11) is 0. The Kier molecular flexibility index (Phi) is 7.39. The summed E-state index contributed by atoms with van der Waals surface area (Å²) < 4.78 is 0. The third kappa shape index (κ3) is 5.57. The number of aliphatic hydroxyl groups is 1. The topological polar surface area (TPSA) is 109 Å². The summed E-state index contributed by atoms with van der Waals surface area (Å²) in [6, 6.07) is 12.6. The van der Waals surface area contributed by atoms with E-state index in [9.17, 15) is 10.4 Å². The largest absolute Gasteiger partial charge is 0.390 e. The van der Waals surface area contributed by atoms with E-state index in [1.54, 1.807) is 6.20 Å². The number of β-amino-alcohol motifs (C(OH)–C–C–N with tert-alkyl or cyclic N) is 1. The number of aliphatic hydroxyl groups excluding tert-OH is 1. The molecule has 5 aliphatic carbocycles. The third-order valence-electron chi connectivity index (χ3n) is 11.2. The molecular weight excluding hydrogens is 510 g/mol. The van der Waals surface area contributed by atoms with Crippen LogP contribution in [0.1, 0.15) is 74.5 Å². The van der Waals surface area contributed by atoms with Gasteiger partial charge in [-0.3, -0.25) is 4.90 Å². The second-order valence-corrected chi connectivity index (χ2v) is 14.0. The molecule has 0 spiro atoms. The molecule has 8 nitrogen and oxygen atoms in total. The molecule has 8 heteroatoms. The van der Waals surface area contributed by atoms with Crippen molar-refractivity contribution >= 4 is 11.8 Å². The Labute approximate surface area is 244 Å². The predicted molar refractivity (Wildman–Crippen MR) is 160 cm³/mol. The molecule has 2 heterocycles. The lowest BCUT2D eigenvalue weighted by atomic mass is 9.47. The van der Waals surface area contributed by atoms with Crippen LogP contribution >= 0.6 is 0 Å². The van der Waals surface area contributed by atoms with Crippen molar-refractivity contribution in [3.05, 3.63) is 47.2 Å². The summed E-state index contributed by atoms with van der Waals surface area (Å²) >= 11 is 0. The molecule has 6 aliphatic rings. The first-order valence-electron chi connectivity index (χ1n) is 15.9. The number of aromatic nitrogens is 2. The zero-order chi connectivity index (χ0) is 28.0. The predicted octanol–water partition coefficient (Wildman–Crippen LogP) is 4.45. The van der Waals surface area contributed by atoms with E-state index in [0.717, 1.165) is 37.4 Å². The molecule has 4 bridgehead atoms. The highest BCUT2D eigenvalue weighted by Crippen LogP contribution is 2.60. The number of hydrogen-bond acceptors (Lipinski definition) is 8. The molecule has 218 valence electrons. The van der Waals surface area contributed by atoms with Gasteiger partial charge in [-0.25, -0.2) is 4.98 Å². The molecule has 0 amide bonds. The fourth-order valence-electron chi connectivity index (χ4n) is 9.28. The summed E-state index contributed by atoms with van der Waals surface area (Å²) in [6.45, 7) is 5.41. The van der Waals surface area contributed by atoms with Gasteiger partial charge in [-0.15, -0.1) is 0 Å². The highest BCUT2D eigenvalue weighted by molar-refractivity contribution is 5.53. The van der Waals surface area contributed by atoms with E-state index in [0.29, 0.717) is 47.4 Å². The number of nitrogens with zero attached hydrogens (tertiary/aromatic N) is 4. The van der Waals surface area contributed by atoms with Gasteiger partial charge in [0.05, 0.1) is 12.3 Å². The van der Waals surface area contributed by atoms with Crippen molar-refractivity contribution in [2.45, 2.75) is 95.5 Å². The quantitative estimate of drug-likeness (QED) is 0.359. The van der Waals surface area contributed by atoms with Crippen molar-refractivity contribution in [1.82, 2.24) is 20.2 Å². The monoisotopic (exact) mass is 555 g/mol. The maximum atomic E-state index is 9.77. The Balaban J connectivity index is 0.962. The number of anilines is 2. The summed E-state index contributed by atoms with van der Waals surface area (Å²) in [4.78, 5) is 11.6. The van der Waals surface area contributed by atoms with Crippen molar-refractivity contribution in [3.63, 3.8) is 0 Å². The SMILES string of the molecule is Cc1ccccc1CNc1ncc(C#N)c(NCC23CC4C[C@H](C2)C(NC2CCC(N5CC(O)C5)CC2)[C@@H](C4)C3)n1. The van der Waals surface area contributed by atoms with E-state index in [1.807, 2.05) is 6.07 Å². The first kappa shape index (κ1) is 27.1. The van der Waals surface area contributed by atoms with Gasteiger partial charge in [-0.1, -0.05) is 24.3 Å². The van der Waals surface area contributed by atoms with Crippen molar-refractivity contribution in [3.8, 4) is 6.07 Å². The van der Waals surface area contributed by atoms with Gasteiger partial charge in [0, 0.05) is 44.3 Å². The Morgan fingerprint density at radius 1 is 1.05 bits per heavy atom. The van der Waals surface area contributed by atoms with Crippen molar-refractivity contribution < 1.29 is 5.11 Å². The van der Waals surface area contributed by atoms with Gasteiger partial charge in [0.1, 0.15) is 17.5 Å². The smallest absolute Gasteiger partial charge is 0.224 e. The normalized spacial score (nSPS) is 34.7. The number of likely N-dealkylation sites (tertiary alicyclic amines) is 1. The molecule has 4 N–H and O–H groups in total. The minimum Gasteiger partial charge on any atom is -0.390 e. The van der Waals surface area contributed by atoms with E-state index in [1.165, 1.54) is 68.9 Å². The van der Waals surface area contributed by atoms with Crippen molar-refractivity contribution in [1.29, 1.82) is 5.26 Å². The lowest BCUT2D eigenvalue weighted by Crippen LogP contribution is -2.62. The van der Waals surface area contributed by atoms with Crippen LogP contribution in [0.25, 0.3) is 0 Å². The fourth-order valence-corrected chi connectivity index (χ4v) is 9.28. The van der Waals surface area contributed by atoms with Crippen molar-refractivity contribution in [2.75, 3.05) is 30.3 Å². The molecule has 1 saturated heterocycles. The molecule has 3 unspecified atom stereocenters. The molecule has 1 aromatic heterocycles. The van der Waals surface area contributed by atoms with E-state index in [2.05, 4.69) is 57.0 Å². The third-order valence-corrected chi connectivity index (χ3v) is 11.2. The lowest BCUT2D eigenvalue weighted by Gasteiger charge is -2.61. The van der Waals surface area contributed by atoms with Crippen LogP contribution in [0.3, 0.4) is 0 Å². The van der Waals surface area contributed by atoms with E-state index in [4.69, 9.17) is 4.98 Å². The van der Waals surface area contributed by atoms with Gasteiger partial charge >= 0.3 is 0 Å². The number of aryl methyl sites for hydroxylation is 1. The molecule has 0 radical (unpaired) electrons. The molecule has 41 heavy (non-hydrogen) atoms. The van der Waals surface area contributed by atoms with Gasteiger partial charge in [0.2, 0.25) is 5.95 Å². The number of nitriles is 1. The molecule has 6 fully saturated rings. The zero-order valence-electron chi connectivity index (χ0n) is 24.4. The first-order valence-corrected chi connectivity index (χ1v) is 15.9. The van der Waals surface area contributed by atoms with E-state index < -0.39 is 0 Å². The molecule has 2 aromatic rings. The molecule has 8 rings (SSSR count). The van der Waals surface area contributed by atoms with Gasteiger partial charge in [0.25, 0.3) is 0 Å². The fraction of sp³-hybridized carbons (Fsp3) is 0.667. The van der Waals surface area contributed by atoms with Crippen LogP contribution in [-0.2, 0) is 6.54 Å². The van der Waals surface area contributed by atoms with Crippen LogP contribution in [0, 0.1) is 41.4 Å². The van der Waals surface area contributed by atoms with Crippen LogP contribution in [0.4, 0.5) is 11.8 Å². The molecule has 5 saturated carbocycles. The summed E-state index contributed by atoms with van der Waals surface area (Å²) in [6.07, 6.45) is 13.2. The van der Waals surface area contributed by atoms with Crippen LogP contribution in [0.15, 0.2) is 30.5 Å². The average molecular weight is 556 g/mol. The number of benzene rings is 1. The van der Waals surface area contributed by atoms with E-state index >= 15 is 0 Å². The minimum atomic E-state index is -0.0933. The Morgan fingerprint density at radius 2 is 1.80 bits per heavy atom. The molecule has 1 aliphatic heterocycles. The van der Waals surface area contributed by atoms with Crippen LogP contribution in [0.5, 0.6) is 0 Å². The highest BCUT2D eigenvalue weighted by atomic mass is 16.3. The standard InChI is InChI=1S/C33H45N7O/c1-21-4-2-3-5-23(21)16-35-32-36-17-26(15-34)31(39-32)37-20-33-12-22-10-24(13-33)30(25(11-22)14-33)38-27-6-8-28(9-7-27)40-18-29(41)19-40/h2-5,17,22,24-25,27-30,38,41H,6-14,16,18-20H2,1H3,(H2,35,36,37,39)/t22?,24-,25+,27?,28?,30?,33?. The molecular formula is C33H45N7O. The highest BCUT2D eigenvalue weighted by Gasteiger charge is 2.55. The summed E-state index contributed by atoms with van der Waals surface area (Å²) in [5.74, 6) is 3.58. The van der Waals surface area contributed by atoms with Gasteiger partial charge in [-0.2, -0.15) is 10.2 Å². The second kappa shape index (κ2) is 11.2. The number of nitrogens with one attached hydrogen (secondary N) is 3. The van der Waals surface area contributed by atoms with Gasteiger partial charge < -0.3 is 21.1 Å². The van der Waals surface area contributed by atoms with Crippen LogP contribution in [-0.4, -0.2) is 63.8 Å². The Morgan fingerprint density at radius 3 is 2.51 bits per heavy atom. The molecule has 5 atom stereocenters. The van der Waals surface area contributed by atoms with Gasteiger partial charge in [0.15, 0.2) is 0 Å². The summed E-state index contributed by atoms with van der Waals surface area (Å²) in [5, 5.41) is 30.6. The number of hydrogen-bond donors (Lipinski definition) is 4. The summed E-state index contributed by atoms with van der Waals surface area (Å²) in [5.41, 5.74) is 3.27. The van der Waals surface area contributed by atoms with E-state index in [-0.39, 0.29) is 6.10 Å². The zero-order valence-corrected chi connectivity index (χ0v) is 24.4. The Hall–Kier alpha value is -2.73. The maximum absolute atomic E-state index is 9.77. The lowest BCUT2D eigenvalue weighted by molar-refractivity contribution is -0.0749. The average Bonchev–Trinajstić information content (AvgIpc) is 2.96. The van der Waals surface area contributed by atoms with Crippen LogP contribution in [0.2, 0.25) is 0 Å².